The molecule has 5 nitrogen and oxygen atoms in total. The molecule has 0 saturated carbocycles. The lowest BCUT2D eigenvalue weighted by atomic mass is 10.1. The van der Waals surface area contributed by atoms with Crippen molar-refractivity contribution in [1.29, 1.82) is 0 Å². The topological polar surface area (TPSA) is 55.8 Å². The van der Waals surface area contributed by atoms with E-state index in [2.05, 4.69) is 0 Å². The predicted molar refractivity (Wildman–Crippen MR) is 96.2 cm³/mol. The van der Waals surface area contributed by atoms with Crippen molar-refractivity contribution in [3.63, 3.8) is 0 Å². The van der Waals surface area contributed by atoms with Gasteiger partial charge in [0.05, 0.1) is 24.2 Å². The first-order valence-electron chi connectivity index (χ1n) is 8.37. The van der Waals surface area contributed by atoms with Crippen molar-refractivity contribution in [2.45, 2.75) is 31.0 Å². The van der Waals surface area contributed by atoms with Crippen molar-refractivity contribution in [3.05, 3.63) is 59.4 Å². The summed E-state index contributed by atoms with van der Waals surface area (Å²) in [6.07, 6.45) is -0.709. The third kappa shape index (κ3) is 3.75. The highest BCUT2D eigenvalue weighted by Gasteiger charge is 2.35. The average molecular weight is 379 g/mol. The molecule has 0 aliphatic carbocycles. The molecule has 1 heterocycles. The molecule has 0 aromatic heterocycles. The number of hydrogen-bond donors (Lipinski definition) is 0. The maximum absolute atomic E-state index is 13.2. The zero-order valence-corrected chi connectivity index (χ0v) is 15.8. The average Bonchev–Trinajstić information content (AvgIpc) is 2.61. The highest BCUT2D eigenvalue weighted by Crippen LogP contribution is 2.31. The number of nitrogens with zero attached hydrogens (tertiary/aromatic N) is 1. The molecule has 0 spiro atoms. The maximum Gasteiger partial charge on any atom is 0.243 e. The molecule has 0 amide bonds. The van der Waals surface area contributed by atoms with Crippen LogP contribution in [0.4, 0.5) is 4.39 Å². The molecular formula is C19H22FNO4S. The monoisotopic (exact) mass is 379 g/mol. The number of aryl methyl sites for hydroxylation is 1. The van der Waals surface area contributed by atoms with Crippen molar-refractivity contribution in [3.8, 4) is 5.75 Å². The molecule has 2 unspecified atom stereocenters. The molecule has 3 rings (SSSR count). The van der Waals surface area contributed by atoms with E-state index in [4.69, 9.17) is 9.47 Å². The molecule has 1 aliphatic rings. The number of methoxy groups -OCH3 is 1. The number of rotatable bonds is 4. The van der Waals surface area contributed by atoms with E-state index in [1.165, 1.54) is 16.4 Å². The third-order valence-electron chi connectivity index (χ3n) is 4.47. The van der Waals surface area contributed by atoms with Crippen molar-refractivity contribution in [2.75, 3.05) is 20.2 Å². The fourth-order valence-electron chi connectivity index (χ4n) is 3.15. The van der Waals surface area contributed by atoms with Gasteiger partial charge in [-0.15, -0.1) is 0 Å². The summed E-state index contributed by atoms with van der Waals surface area (Å²) in [4.78, 5) is 0.255. The molecule has 0 N–H and O–H groups in total. The fraction of sp³-hybridized carbons (Fsp3) is 0.368. The first kappa shape index (κ1) is 18.8. The summed E-state index contributed by atoms with van der Waals surface area (Å²) < 4.78 is 52.0. The van der Waals surface area contributed by atoms with Gasteiger partial charge in [-0.2, -0.15) is 4.31 Å². The summed E-state index contributed by atoms with van der Waals surface area (Å²) in [6, 6.07) is 10.9. The number of morpholine rings is 1. The summed E-state index contributed by atoms with van der Waals surface area (Å²) >= 11 is 0. The second-order valence-corrected chi connectivity index (χ2v) is 8.35. The van der Waals surface area contributed by atoms with Crippen LogP contribution in [0.5, 0.6) is 5.75 Å². The Morgan fingerprint density at radius 1 is 1.15 bits per heavy atom. The minimum absolute atomic E-state index is 0.184. The molecule has 26 heavy (non-hydrogen) atoms. The zero-order valence-electron chi connectivity index (χ0n) is 15.0. The van der Waals surface area contributed by atoms with Gasteiger partial charge in [0, 0.05) is 13.1 Å². The Morgan fingerprint density at radius 3 is 2.46 bits per heavy atom. The number of sulfonamides is 1. The van der Waals surface area contributed by atoms with Gasteiger partial charge in [-0.1, -0.05) is 12.1 Å². The van der Waals surface area contributed by atoms with Crippen molar-refractivity contribution >= 4 is 10.0 Å². The molecule has 0 bridgehead atoms. The zero-order chi connectivity index (χ0) is 18.9. The molecule has 1 fully saturated rings. The van der Waals surface area contributed by atoms with Crippen LogP contribution >= 0.6 is 0 Å². The molecule has 7 heteroatoms. The number of ether oxygens (including phenoxy) is 2. The minimum Gasteiger partial charge on any atom is -0.497 e. The largest absolute Gasteiger partial charge is 0.497 e. The van der Waals surface area contributed by atoms with Gasteiger partial charge in [0.15, 0.2) is 0 Å². The van der Waals surface area contributed by atoms with Crippen LogP contribution in [0, 0.1) is 12.7 Å². The standard InChI is InChI=1S/C19H22FNO4S/c1-13-10-17(24-3)8-9-19(13)26(22,23)21-11-14(2)25-18(12-21)15-4-6-16(20)7-5-15/h4-10,14,18H,11-12H2,1-3H3. The lowest BCUT2D eigenvalue weighted by Crippen LogP contribution is -2.46. The van der Waals surface area contributed by atoms with Crippen LogP contribution in [0.2, 0.25) is 0 Å². The van der Waals surface area contributed by atoms with Gasteiger partial charge in [-0.3, -0.25) is 0 Å². The van der Waals surface area contributed by atoms with Crippen molar-refractivity contribution in [1.82, 2.24) is 4.31 Å². The Bertz CT molecular complexity index is 883. The molecule has 1 aliphatic heterocycles. The lowest BCUT2D eigenvalue weighted by Gasteiger charge is -2.36. The summed E-state index contributed by atoms with van der Waals surface area (Å²) in [7, 11) is -2.13. The van der Waals surface area contributed by atoms with E-state index in [0.717, 1.165) is 5.56 Å². The van der Waals surface area contributed by atoms with Gasteiger partial charge in [-0.05, 0) is 55.3 Å². The predicted octanol–water partition coefficient (Wildman–Crippen LogP) is 3.29. The van der Waals surface area contributed by atoms with Crippen LogP contribution in [0.15, 0.2) is 47.4 Å². The van der Waals surface area contributed by atoms with Crippen LogP contribution in [-0.4, -0.2) is 39.0 Å². The van der Waals surface area contributed by atoms with Gasteiger partial charge >= 0.3 is 0 Å². The van der Waals surface area contributed by atoms with E-state index in [0.29, 0.717) is 11.3 Å². The molecule has 140 valence electrons. The van der Waals surface area contributed by atoms with Crippen molar-refractivity contribution < 1.29 is 22.3 Å². The summed E-state index contributed by atoms with van der Waals surface area (Å²) in [5, 5.41) is 0. The van der Waals surface area contributed by atoms with E-state index in [-0.39, 0.29) is 29.9 Å². The molecule has 1 saturated heterocycles. The van der Waals surface area contributed by atoms with E-state index in [1.807, 2.05) is 6.92 Å². The molecular weight excluding hydrogens is 357 g/mol. The van der Waals surface area contributed by atoms with E-state index in [1.54, 1.807) is 44.4 Å². The molecule has 0 radical (unpaired) electrons. The molecule has 2 atom stereocenters. The fourth-order valence-corrected chi connectivity index (χ4v) is 4.87. The Labute approximate surface area is 153 Å². The van der Waals surface area contributed by atoms with E-state index in [9.17, 15) is 12.8 Å². The first-order chi connectivity index (χ1) is 12.3. The highest BCUT2D eigenvalue weighted by atomic mass is 32.2. The van der Waals surface area contributed by atoms with Gasteiger partial charge in [0.25, 0.3) is 0 Å². The van der Waals surface area contributed by atoms with Gasteiger partial charge in [-0.25, -0.2) is 12.8 Å². The minimum atomic E-state index is -3.68. The Hall–Kier alpha value is -1.96. The van der Waals surface area contributed by atoms with Crippen LogP contribution in [-0.2, 0) is 14.8 Å². The third-order valence-corrected chi connectivity index (χ3v) is 6.46. The van der Waals surface area contributed by atoms with Gasteiger partial charge < -0.3 is 9.47 Å². The van der Waals surface area contributed by atoms with E-state index >= 15 is 0 Å². The smallest absolute Gasteiger partial charge is 0.243 e. The normalized spacial score (nSPS) is 21.5. The van der Waals surface area contributed by atoms with Gasteiger partial charge in [0.1, 0.15) is 11.6 Å². The van der Waals surface area contributed by atoms with Crippen LogP contribution in [0.1, 0.15) is 24.2 Å². The van der Waals surface area contributed by atoms with Crippen LogP contribution < -0.4 is 4.74 Å². The maximum atomic E-state index is 13.2. The summed E-state index contributed by atoms with van der Waals surface area (Å²) in [5.74, 6) is 0.275. The highest BCUT2D eigenvalue weighted by molar-refractivity contribution is 7.89. The summed E-state index contributed by atoms with van der Waals surface area (Å²) in [5.41, 5.74) is 1.38. The number of halogens is 1. The van der Waals surface area contributed by atoms with E-state index < -0.39 is 16.1 Å². The van der Waals surface area contributed by atoms with Gasteiger partial charge in [0.2, 0.25) is 10.0 Å². The van der Waals surface area contributed by atoms with Crippen LogP contribution in [0.25, 0.3) is 0 Å². The van der Waals surface area contributed by atoms with Crippen molar-refractivity contribution in [2.24, 2.45) is 0 Å². The number of benzene rings is 2. The quantitative estimate of drug-likeness (QED) is 0.818. The first-order valence-corrected chi connectivity index (χ1v) is 9.81. The molecule has 2 aromatic rings. The number of hydrogen-bond acceptors (Lipinski definition) is 4. The lowest BCUT2D eigenvalue weighted by molar-refractivity contribution is -0.0557. The summed E-state index contributed by atoms with van der Waals surface area (Å²) in [6.45, 7) is 4.03. The second kappa shape index (κ2) is 7.34. The Balaban J connectivity index is 1.90. The second-order valence-electron chi connectivity index (χ2n) is 6.44. The Kier molecular flexibility index (Phi) is 5.32. The Morgan fingerprint density at radius 2 is 1.85 bits per heavy atom. The SMILES string of the molecule is COc1ccc(S(=O)(=O)N2CC(C)OC(c3ccc(F)cc3)C2)c(C)c1. The molecule has 2 aromatic carbocycles. The van der Waals surface area contributed by atoms with Crippen LogP contribution in [0.3, 0.4) is 0 Å².